The Morgan fingerprint density at radius 3 is 3.00 bits per heavy atom. The fourth-order valence-corrected chi connectivity index (χ4v) is 2.39. The van der Waals surface area contributed by atoms with Crippen molar-refractivity contribution in [1.82, 2.24) is 10.2 Å². The Morgan fingerprint density at radius 2 is 2.36 bits per heavy atom. The first-order valence-electron chi connectivity index (χ1n) is 5.85. The normalized spacial score (nSPS) is 34.1. The zero-order chi connectivity index (χ0) is 9.80. The molecule has 2 saturated heterocycles. The van der Waals surface area contributed by atoms with E-state index in [1.54, 1.807) is 0 Å². The molecule has 1 N–H and O–H groups in total. The molecule has 0 saturated carbocycles. The number of likely N-dealkylation sites (N-methyl/N-ethyl adjacent to an activating group) is 1. The van der Waals surface area contributed by atoms with Gasteiger partial charge in [-0.05, 0) is 45.3 Å². The number of ether oxygens (including phenoxy) is 1. The maximum atomic E-state index is 5.87. The van der Waals surface area contributed by atoms with E-state index in [0.717, 1.165) is 19.1 Å². The molecule has 0 aromatic heterocycles. The first-order valence-corrected chi connectivity index (χ1v) is 5.85. The van der Waals surface area contributed by atoms with Gasteiger partial charge in [0, 0.05) is 19.7 Å². The molecule has 0 spiro atoms. The first kappa shape index (κ1) is 10.4. The van der Waals surface area contributed by atoms with E-state index in [1.807, 2.05) is 0 Å². The highest BCUT2D eigenvalue weighted by molar-refractivity contribution is 4.74. The summed E-state index contributed by atoms with van der Waals surface area (Å²) in [7, 11) is 2.17. The summed E-state index contributed by atoms with van der Waals surface area (Å²) in [5.74, 6) is 0.870. The van der Waals surface area contributed by atoms with Crippen molar-refractivity contribution in [3.8, 4) is 0 Å². The largest absolute Gasteiger partial charge is 0.377 e. The minimum atomic E-state index is 0.509. The standard InChI is InChI=1S/C11H22N2O/c1-13-6-3-11(9-13)14-7-4-10-2-5-12-8-10/h10-12H,2-9H2,1H3/t10-,11?/m1/s1. The minimum absolute atomic E-state index is 0.509. The van der Waals surface area contributed by atoms with E-state index in [-0.39, 0.29) is 0 Å². The Morgan fingerprint density at radius 1 is 1.43 bits per heavy atom. The Hall–Kier alpha value is -0.120. The van der Waals surface area contributed by atoms with Gasteiger partial charge in [-0.15, -0.1) is 0 Å². The van der Waals surface area contributed by atoms with E-state index < -0.39 is 0 Å². The van der Waals surface area contributed by atoms with Crippen molar-refractivity contribution in [2.24, 2.45) is 5.92 Å². The lowest BCUT2D eigenvalue weighted by Gasteiger charge is -2.13. The molecule has 3 nitrogen and oxygen atoms in total. The van der Waals surface area contributed by atoms with Gasteiger partial charge in [0.1, 0.15) is 0 Å². The summed E-state index contributed by atoms with van der Waals surface area (Å²) in [5, 5.41) is 3.39. The summed E-state index contributed by atoms with van der Waals surface area (Å²) in [4.78, 5) is 2.35. The lowest BCUT2D eigenvalue weighted by molar-refractivity contribution is 0.0530. The van der Waals surface area contributed by atoms with Crippen LogP contribution in [0.2, 0.25) is 0 Å². The number of nitrogens with one attached hydrogen (secondary N) is 1. The van der Waals surface area contributed by atoms with Gasteiger partial charge in [0.15, 0.2) is 0 Å². The minimum Gasteiger partial charge on any atom is -0.377 e. The zero-order valence-electron chi connectivity index (χ0n) is 9.17. The number of nitrogens with zero attached hydrogens (tertiary/aromatic N) is 1. The maximum Gasteiger partial charge on any atom is 0.0714 e. The molecule has 2 atom stereocenters. The van der Waals surface area contributed by atoms with E-state index in [4.69, 9.17) is 4.74 Å². The molecule has 1 unspecified atom stereocenters. The third kappa shape index (κ3) is 2.94. The van der Waals surface area contributed by atoms with E-state index >= 15 is 0 Å². The molecule has 0 radical (unpaired) electrons. The zero-order valence-corrected chi connectivity index (χ0v) is 9.17. The fraction of sp³-hybridized carbons (Fsp3) is 1.00. The van der Waals surface area contributed by atoms with Crippen molar-refractivity contribution in [2.75, 3.05) is 39.8 Å². The van der Waals surface area contributed by atoms with Gasteiger partial charge >= 0.3 is 0 Å². The van der Waals surface area contributed by atoms with Crippen molar-refractivity contribution in [3.05, 3.63) is 0 Å². The van der Waals surface area contributed by atoms with E-state index in [0.29, 0.717) is 6.10 Å². The van der Waals surface area contributed by atoms with Crippen molar-refractivity contribution in [3.63, 3.8) is 0 Å². The van der Waals surface area contributed by atoms with Crippen LogP contribution in [-0.4, -0.2) is 50.8 Å². The molecule has 3 heteroatoms. The Kier molecular flexibility index (Phi) is 3.79. The van der Waals surface area contributed by atoms with Crippen LogP contribution >= 0.6 is 0 Å². The van der Waals surface area contributed by atoms with Crippen LogP contribution in [0.4, 0.5) is 0 Å². The molecule has 2 aliphatic rings. The molecule has 0 bridgehead atoms. The average Bonchev–Trinajstić information content (AvgIpc) is 2.77. The van der Waals surface area contributed by atoms with Gasteiger partial charge < -0.3 is 15.0 Å². The van der Waals surface area contributed by atoms with E-state index in [9.17, 15) is 0 Å². The number of hydrogen-bond acceptors (Lipinski definition) is 3. The summed E-state index contributed by atoms with van der Waals surface area (Å²) in [6.07, 6.45) is 4.31. The third-order valence-electron chi connectivity index (χ3n) is 3.39. The van der Waals surface area contributed by atoms with Crippen LogP contribution in [0.25, 0.3) is 0 Å². The lowest BCUT2D eigenvalue weighted by atomic mass is 10.1. The summed E-state index contributed by atoms with van der Waals surface area (Å²) in [6, 6.07) is 0. The molecule has 2 rings (SSSR count). The monoisotopic (exact) mass is 198 g/mol. The van der Waals surface area contributed by atoms with E-state index in [1.165, 1.54) is 38.9 Å². The smallest absolute Gasteiger partial charge is 0.0714 e. The van der Waals surface area contributed by atoms with Crippen LogP contribution in [0, 0.1) is 5.92 Å². The highest BCUT2D eigenvalue weighted by Gasteiger charge is 2.20. The molecular weight excluding hydrogens is 176 g/mol. The quantitative estimate of drug-likeness (QED) is 0.720. The van der Waals surface area contributed by atoms with Gasteiger partial charge in [-0.2, -0.15) is 0 Å². The lowest BCUT2D eigenvalue weighted by Crippen LogP contribution is -2.20. The summed E-state index contributed by atoms with van der Waals surface area (Å²) in [6.45, 7) is 5.70. The Balaban J connectivity index is 1.54. The van der Waals surface area contributed by atoms with Gasteiger partial charge in [-0.1, -0.05) is 0 Å². The van der Waals surface area contributed by atoms with Gasteiger partial charge in [0.05, 0.1) is 6.10 Å². The van der Waals surface area contributed by atoms with Crippen LogP contribution in [0.1, 0.15) is 19.3 Å². The molecular formula is C11H22N2O. The molecule has 82 valence electrons. The van der Waals surface area contributed by atoms with Crippen molar-refractivity contribution in [1.29, 1.82) is 0 Å². The third-order valence-corrected chi connectivity index (χ3v) is 3.39. The number of hydrogen-bond donors (Lipinski definition) is 1. The van der Waals surface area contributed by atoms with Gasteiger partial charge in [0.25, 0.3) is 0 Å². The fourth-order valence-electron chi connectivity index (χ4n) is 2.39. The second-order valence-corrected chi connectivity index (χ2v) is 4.69. The van der Waals surface area contributed by atoms with Crippen molar-refractivity contribution in [2.45, 2.75) is 25.4 Å². The highest BCUT2D eigenvalue weighted by Crippen LogP contribution is 2.15. The molecule has 0 amide bonds. The van der Waals surface area contributed by atoms with Crippen molar-refractivity contribution >= 4 is 0 Å². The molecule has 2 heterocycles. The van der Waals surface area contributed by atoms with Crippen LogP contribution in [0.15, 0.2) is 0 Å². The van der Waals surface area contributed by atoms with Gasteiger partial charge in [0.2, 0.25) is 0 Å². The van der Waals surface area contributed by atoms with Gasteiger partial charge in [-0.25, -0.2) is 0 Å². The second-order valence-electron chi connectivity index (χ2n) is 4.69. The van der Waals surface area contributed by atoms with Crippen LogP contribution in [0.5, 0.6) is 0 Å². The molecule has 2 fully saturated rings. The molecule has 14 heavy (non-hydrogen) atoms. The average molecular weight is 198 g/mol. The van der Waals surface area contributed by atoms with Crippen LogP contribution < -0.4 is 5.32 Å². The summed E-state index contributed by atoms with van der Waals surface area (Å²) < 4.78 is 5.87. The van der Waals surface area contributed by atoms with E-state index in [2.05, 4.69) is 17.3 Å². The molecule has 2 aliphatic heterocycles. The predicted molar refractivity (Wildman–Crippen MR) is 57.4 cm³/mol. The Labute approximate surface area is 86.8 Å². The van der Waals surface area contributed by atoms with Crippen LogP contribution in [-0.2, 0) is 4.74 Å². The Bertz CT molecular complexity index is 169. The maximum absolute atomic E-state index is 5.87. The molecule has 0 aromatic rings. The highest BCUT2D eigenvalue weighted by atomic mass is 16.5. The molecule has 0 aromatic carbocycles. The summed E-state index contributed by atoms with van der Waals surface area (Å²) >= 11 is 0. The van der Waals surface area contributed by atoms with Crippen molar-refractivity contribution < 1.29 is 4.74 Å². The molecule has 0 aliphatic carbocycles. The number of rotatable bonds is 4. The number of likely N-dealkylation sites (tertiary alicyclic amines) is 1. The predicted octanol–water partition coefficient (Wildman–Crippen LogP) is 0.707. The van der Waals surface area contributed by atoms with Crippen LogP contribution in [0.3, 0.4) is 0 Å². The topological polar surface area (TPSA) is 24.5 Å². The first-order chi connectivity index (χ1) is 6.84. The summed E-state index contributed by atoms with van der Waals surface area (Å²) in [5.41, 5.74) is 0. The van der Waals surface area contributed by atoms with Gasteiger partial charge in [-0.3, -0.25) is 0 Å². The second kappa shape index (κ2) is 5.10. The SMILES string of the molecule is CN1CCC(OCC[C@H]2CCNC2)C1.